The number of pyridine rings is 1. The van der Waals surface area contributed by atoms with Crippen LogP contribution in [0.2, 0.25) is 0 Å². The number of hydrogen-bond donors (Lipinski definition) is 1. The first kappa shape index (κ1) is 18.4. The van der Waals surface area contributed by atoms with Gasteiger partial charge in [-0.05, 0) is 61.1 Å². The molecule has 0 bridgehead atoms. The molecule has 0 fully saturated rings. The molecule has 0 atom stereocenters. The van der Waals surface area contributed by atoms with Crippen LogP contribution < -0.4 is 10.1 Å². The van der Waals surface area contributed by atoms with E-state index in [0.717, 1.165) is 51.6 Å². The van der Waals surface area contributed by atoms with Gasteiger partial charge < -0.3 is 14.5 Å². The molecule has 5 rings (SSSR count). The normalized spacial score (nSPS) is 11.4. The Hall–Kier alpha value is -3.64. The van der Waals surface area contributed by atoms with Crippen LogP contribution in [0.3, 0.4) is 0 Å². The molecule has 150 valence electrons. The van der Waals surface area contributed by atoms with Gasteiger partial charge in [-0.3, -0.25) is 0 Å². The molecule has 0 aliphatic rings. The molecule has 0 unspecified atom stereocenters. The molecular weight excluding hydrogens is 376 g/mol. The number of rotatable bonds is 7. The Labute approximate surface area is 174 Å². The van der Waals surface area contributed by atoms with Crippen LogP contribution >= 0.6 is 0 Å². The maximum atomic E-state index is 5.77. The summed E-state index contributed by atoms with van der Waals surface area (Å²) in [5.41, 5.74) is 4.90. The van der Waals surface area contributed by atoms with Crippen LogP contribution in [-0.2, 0) is 6.42 Å². The summed E-state index contributed by atoms with van der Waals surface area (Å²) in [7, 11) is 1.91. The van der Waals surface area contributed by atoms with Crippen molar-refractivity contribution in [1.82, 2.24) is 19.9 Å². The first-order chi connectivity index (χ1) is 14.8. The van der Waals surface area contributed by atoms with Crippen molar-refractivity contribution in [3.8, 4) is 17.0 Å². The molecule has 0 spiro atoms. The lowest BCUT2D eigenvalue weighted by molar-refractivity contribution is 0.318. The first-order valence-corrected chi connectivity index (χ1v) is 9.99. The molecule has 0 aliphatic carbocycles. The highest BCUT2D eigenvalue weighted by Crippen LogP contribution is 2.26. The fourth-order valence-corrected chi connectivity index (χ4v) is 3.57. The second-order valence-corrected chi connectivity index (χ2v) is 7.16. The Morgan fingerprint density at radius 2 is 1.97 bits per heavy atom. The lowest BCUT2D eigenvalue weighted by Gasteiger charge is -2.07. The van der Waals surface area contributed by atoms with E-state index in [1.165, 1.54) is 0 Å². The molecule has 30 heavy (non-hydrogen) atoms. The van der Waals surface area contributed by atoms with Crippen molar-refractivity contribution in [1.29, 1.82) is 0 Å². The van der Waals surface area contributed by atoms with Gasteiger partial charge in [0, 0.05) is 23.9 Å². The summed E-state index contributed by atoms with van der Waals surface area (Å²) >= 11 is 0. The Balaban J connectivity index is 1.44. The number of nitrogens with zero attached hydrogens (tertiary/aromatic N) is 3. The molecule has 2 aromatic carbocycles. The van der Waals surface area contributed by atoms with Crippen LogP contribution in [-0.4, -0.2) is 34.8 Å². The van der Waals surface area contributed by atoms with E-state index in [1.807, 2.05) is 54.0 Å². The van der Waals surface area contributed by atoms with Gasteiger partial charge in [-0.15, -0.1) is 0 Å². The smallest absolute Gasteiger partial charge is 0.156 e. The largest absolute Gasteiger partial charge is 0.492 e. The number of fused-ring (bicyclic) bond motifs is 2. The van der Waals surface area contributed by atoms with Gasteiger partial charge in [-0.2, -0.15) is 5.10 Å². The summed E-state index contributed by atoms with van der Waals surface area (Å²) in [4.78, 5) is 4.73. The summed E-state index contributed by atoms with van der Waals surface area (Å²) in [6.07, 6.45) is 2.35. The molecule has 0 saturated heterocycles. The predicted octanol–water partition coefficient (Wildman–Crippen LogP) is 4.33. The number of ether oxygens (including phenoxy) is 1. The zero-order chi connectivity index (χ0) is 20.3. The molecule has 0 amide bonds. The Morgan fingerprint density at radius 3 is 2.90 bits per heavy atom. The third kappa shape index (κ3) is 3.65. The summed E-state index contributed by atoms with van der Waals surface area (Å²) in [6, 6.07) is 22.3. The van der Waals surface area contributed by atoms with Crippen LogP contribution in [0, 0.1) is 0 Å². The fourth-order valence-electron chi connectivity index (χ4n) is 3.57. The first-order valence-electron chi connectivity index (χ1n) is 9.99. The number of nitrogens with one attached hydrogen (secondary N) is 1. The second-order valence-electron chi connectivity index (χ2n) is 7.16. The molecule has 6 heteroatoms. The molecule has 1 N–H and O–H groups in total. The van der Waals surface area contributed by atoms with E-state index >= 15 is 0 Å². The molecular formula is C24H22N4O2. The SMILES string of the molecule is CNCCOc1cccc(Cc2nc3cccc(-c4ccc5occc5c4)n3n2)c1. The van der Waals surface area contributed by atoms with E-state index in [2.05, 4.69) is 29.6 Å². The van der Waals surface area contributed by atoms with Gasteiger partial charge in [0.05, 0.1) is 12.0 Å². The molecule has 0 saturated carbocycles. The summed E-state index contributed by atoms with van der Waals surface area (Å²) in [5, 5.41) is 8.94. The zero-order valence-electron chi connectivity index (χ0n) is 16.7. The van der Waals surface area contributed by atoms with Gasteiger partial charge in [0.25, 0.3) is 0 Å². The average Bonchev–Trinajstić information content (AvgIpc) is 3.39. The van der Waals surface area contributed by atoms with Gasteiger partial charge in [-0.25, -0.2) is 9.50 Å². The standard InChI is InChI=1S/C24H22N4O2/c1-25-11-13-29-20-5-2-4-17(14-20)15-23-26-24-7-3-6-21(28(24)27-23)18-8-9-22-19(16-18)10-12-30-22/h2-10,12,14,16,25H,11,13,15H2,1H3. The highest BCUT2D eigenvalue weighted by molar-refractivity contribution is 5.83. The third-order valence-electron chi connectivity index (χ3n) is 5.03. The number of aromatic nitrogens is 3. The van der Waals surface area contributed by atoms with Crippen LogP contribution in [0.1, 0.15) is 11.4 Å². The van der Waals surface area contributed by atoms with Crippen LogP contribution in [0.25, 0.3) is 27.9 Å². The number of benzene rings is 2. The predicted molar refractivity (Wildman–Crippen MR) is 117 cm³/mol. The van der Waals surface area contributed by atoms with E-state index < -0.39 is 0 Å². The number of hydrogen-bond acceptors (Lipinski definition) is 5. The minimum atomic E-state index is 0.636. The lowest BCUT2D eigenvalue weighted by Crippen LogP contribution is -2.15. The minimum Gasteiger partial charge on any atom is -0.492 e. The molecule has 5 aromatic rings. The van der Waals surface area contributed by atoms with E-state index in [4.69, 9.17) is 19.2 Å². The zero-order valence-corrected chi connectivity index (χ0v) is 16.7. The molecule has 6 nitrogen and oxygen atoms in total. The summed E-state index contributed by atoms with van der Waals surface area (Å²) in [5.74, 6) is 1.64. The molecule has 0 radical (unpaired) electrons. The van der Waals surface area contributed by atoms with Crippen LogP contribution in [0.4, 0.5) is 0 Å². The van der Waals surface area contributed by atoms with E-state index in [-0.39, 0.29) is 0 Å². The maximum Gasteiger partial charge on any atom is 0.156 e. The van der Waals surface area contributed by atoms with Gasteiger partial charge >= 0.3 is 0 Å². The van der Waals surface area contributed by atoms with Gasteiger partial charge in [0.1, 0.15) is 17.9 Å². The summed E-state index contributed by atoms with van der Waals surface area (Å²) < 4.78 is 13.1. The quantitative estimate of drug-likeness (QED) is 0.413. The third-order valence-corrected chi connectivity index (χ3v) is 5.03. The molecule has 3 aromatic heterocycles. The Morgan fingerprint density at radius 1 is 1.03 bits per heavy atom. The van der Waals surface area contributed by atoms with Crippen molar-refractivity contribution < 1.29 is 9.15 Å². The van der Waals surface area contributed by atoms with Gasteiger partial charge in [0.15, 0.2) is 11.5 Å². The fraction of sp³-hybridized carbons (Fsp3) is 0.167. The van der Waals surface area contributed by atoms with E-state index in [0.29, 0.717) is 13.0 Å². The second kappa shape index (κ2) is 8.00. The number of likely N-dealkylation sites (N-methyl/N-ethyl adjacent to an activating group) is 1. The highest BCUT2D eigenvalue weighted by Gasteiger charge is 2.11. The van der Waals surface area contributed by atoms with Crippen molar-refractivity contribution in [2.45, 2.75) is 6.42 Å². The Bertz CT molecular complexity index is 1310. The number of furan rings is 1. The monoisotopic (exact) mass is 398 g/mol. The maximum absolute atomic E-state index is 5.77. The average molecular weight is 398 g/mol. The van der Waals surface area contributed by atoms with Crippen LogP contribution in [0.15, 0.2) is 77.4 Å². The van der Waals surface area contributed by atoms with Crippen molar-refractivity contribution in [2.75, 3.05) is 20.2 Å². The van der Waals surface area contributed by atoms with Gasteiger partial charge in [-0.1, -0.05) is 18.2 Å². The molecule has 0 aliphatic heterocycles. The highest BCUT2D eigenvalue weighted by atomic mass is 16.5. The van der Waals surface area contributed by atoms with Crippen molar-refractivity contribution >= 4 is 16.6 Å². The van der Waals surface area contributed by atoms with Gasteiger partial charge in [0.2, 0.25) is 0 Å². The van der Waals surface area contributed by atoms with Crippen molar-refractivity contribution in [3.05, 3.63) is 84.4 Å². The summed E-state index contributed by atoms with van der Waals surface area (Å²) in [6.45, 7) is 1.45. The minimum absolute atomic E-state index is 0.636. The lowest BCUT2D eigenvalue weighted by atomic mass is 10.1. The van der Waals surface area contributed by atoms with Crippen molar-refractivity contribution in [3.63, 3.8) is 0 Å². The Kier molecular flexibility index (Phi) is 4.91. The van der Waals surface area contributed by atoms with E-state index in [9.17, 15) is 0 Å². The van der Waals surface area contributed by atoms with Crippen LogP contribution in [0.5, 0.6) is 5.75 Å². The topological polar surface area (TPSA) is 64.6 Å². The van der Waals surface area contributed by atoms with E-state index in [1.54, 1.807) is 6.26 Å². The molecule has 3 heterocycles. The van der Waals surface area contributed by atoms with Crippen molar-refractivity contribution in [2.24, 2.45) is 0 Å².